The fraction of sp³-hybridized carbons (Fsp3) is 0.588. The summed E-state index contributed by atoms with van der Waals surface area (Å²) in [5.41, 5.74) is 7.50. The van der Waals surface area contributed by atoms with Gasteiger partial charge in [0.05, 0.1) is 0 Å². The Hall–Kier alpha value is -1.36. The van der Waals surface area contributed by atoms with Crippen LogP contribution < -0.4 is 10.6 Å². The molecule has 2 heterocycles. The van der Waals surface area contributed by atoms with E-state index in [9.17, 15) is 0 Å². The van der Waals surface area contributed by atoms with E-state index in [0.29, 0.717) is 5.92 Å². The predicted molar refractivity (Wildman–Crippen MR) is 96.8 cm³/mol. The number of anilines is 1. The Kier molecular flexibility index (Phi) is 5.48. The number of hydrogen-bond acceptors (Lipinski definition) is 3. The number of guanidine groups is 1. The maximum Gasteiger partial charge on any atom is 0.191 e. The van der Waals surface area contributed by atoms with Gasteiger partial charge in [-0.15, -0.1) is 0 Å². The van der Waals surface area contributed by atoms with E-state index in [1.54, 1.807) is 0 Å². The Balaban J connectivity index is 1.54. The molecule has 2 aliphatic rings. The Morgan fingerprint density at radius 1 is 1.18 bits per heavy atom. The predicted octanol–water partition coefficient (Wildman–Crippen LogP) is 2.27. The van der Waals surface area contributed by atoms with E-state index in [2.05, 4.69) is 45.1 Å². The smallest absolute Gasteiger partial charge is 0.191 e. The number of nitrogens with zero attached hydrogens (tertiary/aromatic N) is 3. The molecule has 2 aliphatic heterocycles. The summed E-state index contributed by atoms with van der Waals surface area (Å²) in [5, 5.41) is 0. The first-order valence-electron chi connectivity index (χ1n) is 8.25. The summed E-state index contributed by atoms with van der Waals surface area (Å²) in [4.78, 5) is 9.40. The normalized spacial score (nSPS) is 23.6. The number of para-hydroxylation sites is 1. The Labute approximate surface area is 137 Å². The molecule has 0 aliphatic carbocycles. The summed E-state index contributed by atoms with van der Waals surface area (Å²) in [6.45, 7) is 5.19. The summed E-state index contributed by atoms with van der Waals surface area (Å²) < 4.78 is 0. The summed E-state index contributed by atoms with van der Waals surface area (Å²) >= 11 is 2.00. The summed E-state index contributed by atoms with van der Waals surface area (Å²) in [6.07, 6.45) is 2.51. The molecule has 0 aromatic heterocycles. The quantitative estimate of drug-likeness (QED) is 0.686. The largest absolute Gasteiger partial charge is 0.371 e. The maximum atomic E-state index is 6.16. The van der Waals surface area contributed by atoms with E-state index < -0.39 is 0 Å². The highest BCUT2D eigenvalue weighted by Gasteiger charge is 2.20. The van der Waals surface area contributed by atoms with Gasteiger partial charge >= 0.3 is 0 Å². The molecule has 2 saturated heterocycles. The number of piperidine rings is 1. The second-order valence-corrected chi connectivity index (χ2v) is 7.31. The van der Waals surface area contributed by atoms with Gasteiger partial charge in [-0.1, -0.05) is 18.2 Å². The van der Waals surface area contributed by atoms with Crippen LogP contribution >= 0.6 is 11.8 Å². The highest BCUT2D eigenvalue weighted by Crippen LogP contribution is 2.23. The average Bonchev–Trinajstić information content (AvgIpc) is 2.61. The molecule has 1 aromatic rings. The fourth-order valence-corrected chi connectivity index (χ4v) is 4.11. The standard InChI is InChI=1S/C17H26N4S/c18-17(20-9-11-22-12-10-20)19-13-15-5-4-8-21(14-15)16-6-2-1-3-7-16/h1-3,6-7,15H,4-5,8-14H2,(H2,18,19). The van der Waals surface area contributed by atoms with E-state index in [4.69, 9.17) is 5.73 Å². The highest BCUT2D eigenvalue weighted by atomic mass is 32.2. The van der Waals surface area contributed by atoms with Crippen LogP contribution in [-0.4, -0.2) is 55.1 Å². The number of nitrogens with two attached hydrogens (primary N) is 1. The van der Waals surface area contributed by atoms with Gasteiger partial charge in [-0.25, -0.2) is 0 Å². The van der Waals surface area contributed by atoms with E-state index in [-0.39, 0.29) is 0 Å². The van der Waals surface area contributed by atoms with Crippen molar-refractivity contribution in [3.63, 3.8) is 0 Å². The second-order valence-electron chi connectivity index (χ2n) is 6.09. The van der Waals surface area contributed by atoms with Gasteiger partial charge in [0, 0.05) is 49.9 Å². The molecule has 1 aromatic carbocycles. The number of thioether (sulfide) groups is 1. The number of rotatable bonds is 3. The lowest BCUT2D eigenvalue weighted by Crippen LogP contribution is -2.43. The zero-order chi connectivity index (χ0) is 15.2. The van der Waals surface area contributed by atoms with E-state index in [0.717, 1.165) is 38.7 Å². The van der Waals surface area contributed by atoms with Crippen molar-refractivity contribution >= 4 is 23.4 Å². The van der Waals surface area contributed by atoms with Crippen molar-refractivity contribution in [2.24, 2.45) is 16.6 Å². The summed E-state index contributed by atoms with van der Waals surface area (Å²) in [6, 6.07) is 10.7. The second kappa shape index (κ2) is 7.77. The minimum atomic E-state index is 0.617. The SMILES string of the molecule is NC(=NCC1CCCN(c2ccccc2)C1)N1CCSCC1. The van der Waals surface area contributed by atoms with Crippen molar-refractivity contribution < 1.29 is 0 Å². The van der Waals surface area contributed by atoms with Gasteiger partial charge in [-0.3, -0.25) is 4.99 Å². The molecule has 0 bridgehead atoms. The van der Waals surface area contributed by atoms with Gasteiger partial charge in [-0.05, 0) is 30.9 Å². The van der Waals surface area contributed by atoms with Crippen LogP contribution in [0.5, 0.6) is 0 Å². The van der Waals surface area contributed by atoms with Gasteiger partial charge in [0.15, 0.2) is 5.96 Å². The first-order valence-corrected chi connectivity index (χ1v) is 9.41. The molecule has 1 unspecified atom stereocenters. The van der Waals surface area contributed by atoms with Gasteiger partial charge in [0.25, 0.3) is 0 Å². The zero-order valence-electron chi connectivity index (χ0n) is 13.2. The van der Waals surface area contributed by atoms with Crippen LogP contribution in [0.1, 0.15) is 12.8 Å². The first kappa shape index (κ1) is 15.5. The molecule has 2 fully saturated rings. The number of hydrogen-bond donors (Lipinski definition) is 1. The van der Waals surface area contributed by atoms with Crippen LogP contribution in [-0.2, 0) is 0 Å². The third-order valence-electron chi connectivity index (χ3n) is 4.49. The lowest BCUT2D eigenvalue weighted by atomic mass is 9.97. The lowest BCUT2D eigenvalue weighted by molar-refractivity contribution is 0.415. The van der Waals surface area contributed by atoms with Crippen molar-refractivity contribution in [3.8, 4) is 0 Å². The molecular weight excluding hydrogens is 292 g/mol. The van der Waals surface area contributed by atoms with Crippen LogP contribution in [0.2, 0.25) is 0 Å². The van der Waals surface area contributed by atoms with Crippen LogP contribution in [0, 0.1) is 5.92 Å². The lowest BCUT2D eigenvalue weighted by Gasteiger charge is -2.34. The van der Waals surface area contributed by atoms with Crippen molar-refractivity contribution in [2.75, 3.05) is 49.1 Å². The average molecular weight is 318 g/mol. The molecule has 22 heavy (non-hydrogen) atoms. The molecule has 4 nitrogen and oxygen atoms in total. The van der Waals surface area contributed by atoms with Crippen LogP contribution in [0.4, 0.5) is 5.69 Å². The van der Waals surface area contributed by atoms with Crippen molar-refractivity contribution in [2.45, 2.75) is 12.8 Å². The van der Waals surface area contributed by atoms with Crippen LogP contribution in [0.15, 0.2) is 35.3 Å². The summed E-state index contributed by atoms with van der Waals surface area (Å²) in [5.74, 6) is 3.70. The van der Waals surface area contributed by atoms with Crippen molar-refractivity contribution in [3.05, 3.63) is 30.3 Å². The third kappa shape index (κ3) is 4.09. The van der Waals surface area contributed by atoms with E-state index in [1.165, 1.54) is 30.0 Å². The van der Waals surface area contributed by atoms with Crippen LogP contribution in [0.3, 0.4) is 0 Å². The number of benzene rings is 1. The molecule has 2 N–H and O–H groups in total. The van der Waals surface area contributed by atoms with E-state index in [1.807, 2.05) is 11.8 Å². The molecule has 3 rings (SSSR count). The van der Waals surface area contributed by atoms with E-state index >= 15 is 0 Å². The fourth-order valence-electron chi connectivity index (χ4n) is 3.20. The molecule has 1 atom stereocenters. The molecular formula is C17H26N4S. The van der Waals surface area contributed by atoms with Crippen LogP contribution in [0.25, 0.3) is 0 Å². The van der Waals surface area contributed by atoms with Gasteiger partial charge in [0.2, 0.25) is 0 Å². The Morgan fingerprint density at radius 2 is 1.95 bits per heavy atom. The molecule has 5 heteroatoms. The molecule has 0 spiro atoms. The Bertz CT molecular complexity index is 485. The molecule has 120 valence electrons. The van der Waals surface area contributed by atoms with Gasteiger partial charge in [0.1, 0.15) is 0 Å². The Morgan fingerprint density at radius 3 is 2.73 bits per heavy atom. The maximum absolute atomic E-state index is 6.16. The zero-order valence-corrected chi connectivity index (χ0v) is 14.0. The summed E-state index contributed by atoms with van der Waals surface area (Å²) in [7, 11) is 0. The third-order valence-corrected chi connectivity index (χ3v) is 5.43. The molecule has 0 amide bonds. The molecule has 0 radical (unpaired) electrons. The van der Waals surface area contributed by atoms with Gasteiger partial charge in [-0.2, -0.15) is 11.8 Å². The van der Waals surface area contributed by atoms with Crippen molar-refractivity contribution in [1.82, 2.24) is 4.90 Å². The van der Waals surface area contributed by atoms with Gasteiger partial charge < -0.3 is 15.5 Å². The minimum Gasteiger partial charge on any atom is -0.371 e. The first-order chi connectivity index (χ1) is 10.8. The van der Waals surface area contributed by atoms with Crippen molar-refractivity contribution in [1.29, 1.82) is 0 Å². The minimum absolute atomic E-state index is 0.617. The molecule has 0 saturated carbocycles. The topological polar surface area (TPSA) is 44.9 Å². The number of aliphatic imine (C=N–C) groups is 1. The highest BCUT2D eigenvalue weighted by molar-refractivity contribution is 7.99. The monoisotopic (exact) mass is 318 g/mol.